The molecule has 0 bridgehead atoms. The Bertz CT molecular complexity index is 787. The number of nitrogens with one attached hydrogen (secondary N) is 2. The summed E-state index contributed by atoms with van der Waals surface area (Å²) in [5.41, 5.74) is 1.31. The Morgan fingerprint density at radius 2 is 2.05 bits per heavy atom. The molecule has 0 saturated carbocycles. The predicted octanol–water partition coefficient (Wildman–Crippen LogP) is 2.88. The van der Waals surface area contributed by atoms with E-state index >= 15 is 0 Å². The van der Waals surface area contributed by atoms with Crippen LogP contribution in [-0.4, -0.2) is 28.4 Å². The van der Waals surface area contributed by atoms with Crippen molar-refractivity contribution in [2.24, 2.45) is 0 Å². The fourth-order valence-electron chi connectivity index (χ4n) is 3.04. The first-order chi connectivity index (χ1) is 10.4. The van der Waals surface area contributed by atoms with Crippen molar-refractivity contribution in [1.29, 1.82) is 0 Å². The monoisotopic (exact) mass is 279 g/mol. The summed E-state index contributed by atoms with van der Waals surface area (Å²) in [5, 5.41) is 13.4. The number of fused-ring (bicyclic) bond motifs is 2. The molecular formula is C16H17N5. The van der Waals surface area contributed by atoms with Crippen molar-refractivity contribution in [2.75, 3.05) is 24.2 Å². The number of hydrogen-bond donors (Lipinski definition) is 2. The molecule has 4 rings (SSSR count). The summed E-state index contributed by atoms with van der Waals surface area (Å²) in [7, 11) is 1.84. The van der Waals surface area contributed by atoms with Crippen LogP contribution in [0.2, 0.25) is 0 Å². The lowest BCUT2D eigenvalue weighted by Gasteiger charge is -2.25. The van der Waals surface area contributed by atoms with Gasteiger partial charge in [0.05, 0.1) is 6.04 Å². The third-order valence-corrected chi connectivity index (χ3v) is 4.03. The van der Waals surface area contributed by atoms with Crippen LogP contribution in [0.4, 0.5) is 11.9 Å². The summed E-state index contributed by atoms with van der Waals surface area (Å²) in [6.07, 6.45) is 1.01. The predicted molar refractivity (Wildman–Crippen MR) is 84.8 cm³/mol. The van der Waals surface area contributed by atoms with Crippen molar-refractivity contribution in [1.82, 2.24) is 14.8 Å². The maximum Gasteiger partial charge on any atom is 0.243 e. The third kappa shape index (κ3) is 1.93. The van der Waals surface area contributed by atoms with Crippen molar-refractivity contribution in [3.63, 3.8) is 0 Å². The van der Waals surface area contributed by atoms with Crippen LogP contribution in [0.25, 0.3) is 10.8 Å². The van der Waals surface area contributed by atoms with Gasteiger partial charge in [-0.1, -0.05) is 42.5 Å². The highest BCUT2D eigenvalue weighted by Crippen LogP contribution is 2.33. The number of rotatable bonds is 2. The second kappa shape index (κ2) is 4.77. The van der Waals surface area contributed by atoms with Gasteiger partial charge in [0.25, 0.3) is 0 Å². The first-order valence-corrected chi connectivity index (χ1v) is 7.22. The fraction of sp³-hybridized carbons (Fsp3) is 0.250. The van der Waals surface area contributed by atoms with E-state index in [9.17, 15) is 0 Å². The molecule has 0 aliphatic carbocycles. The van der Waals surface area contributed by atoms with E-state index in [-0.39, 0.29) is 6.04 Å². The molecule has 2 aromatic carbocycles. The Hall–Kier alpha value is -2.56. The molecule has 0 radical (unpaired) electrons. The van der Waals surface area contributed by atoms with Crippen LogP contribution in [0.1, 0.15) is 18.0 Å². The van der Waals surface area contributed by atoms with E-state index in [1.54, 1.807) is 0 Å². The summed E-state index contributed by atoms with van der Waals surface area (Å²) >= 11 is 0. The van der Waals surface area contributed by atoms with Crippen molar-refractivity contribution < 1.29 is 0 Å². The molecule has 3 aromatic rings. The summed E-state index contributed by atoms with van der Waals surface area (Å²) in [4.78, 5) is 4.45. The smallest absolute Gasteiger partial charge is 0.243 e. The normalized spacial score (nSPS) is 17.3. The summed E-state index contributed by atoms with van der Waals surface area (Å²) in [6.45, 7) is 0.912. The molecule has 2 heterocycles. The molecule has 0 saturated heterocycles. The highest BCUT2D eigenvalue weighted by molar-refractivity contribution is 5.86. The minimum atomic E-state index is 0.224. The molecule has 0 spiro atoms. The number of nitrogens with zero attached hydrogens (tertiary/aromatic N) is 3. The average Bonchev–Trinajstić information content (AvgIpc) is 2.97. The topological polar surface area (TPSA) is 54.8 Å². The Balaban J connectivity index is 1.89. The Morgan fingerprint density at radius 1 is 1.19 bits per heavy atom. The molecule has 5 nitrogen and oxygen atoms in total. The third-order valence-electron chi connectivity index (χ3n) is 4.03. The van der Waals surface area contributed by atoms with E-state index in [1.165, 1.54) is 16.3 Å². The summed E-state index contributed by atoms with van der Waals surface area (Å²) < 4.78 is 2.00. The molecule has 1 unspecified atom stereocenters. The lowest BCUT2D eigenvalue weighted by atomic mass is 9.96. The molecule has 0 amide bonds. The molecule has 2 N–H and O–H groups in total. The van der Waals surface area contributed by atoms with E-state index < -0.39 is 0 Å². The van der Waals surface area contributed by atoms with Gasteiger partial charge < -0.3 is 10.6 Å². The number of hydrogen-bond acceptors (Lipinski definition) is 4. The van der Waals surface area contributed by atoms with E-state index in [0.717, 1.165) is 18.9 Å². The highest BCUT2D eigenvalue weighted by atomic mass is 15.5. The standard InChI is InChI=1S/C16H17N5/c1-17-15-19-16-18-10-9-14(21(16)20-15)13-8-4-6-11-5-2-3-7-12(11)13/h2-8,14H,9-10H2,1H3,(H2,17,18,19,20). The molecule has 5 heteroatoms. The zero-order valence-electron chi connectivity index (χ0n) is 11.9. The van der Waals surface area contributed by atoms with Gasteiger partial charge in [-0.15, -0.1) is 5.10 Å². The summed E-state index contributed by atoms with van der Waals surface area (Å²) in [6, 6.07) is 15.2. The second-order valence-corrected chi connectivity index (χ2v) is 5.25. The van der Waals surface area contributed by atoms with Crippen molar-refractivity contribution >= 4 is 22.7 Å². The maximum absolute atomic E-state index is 4.57. The molecule has 1 aliphatic rings. The van der Waals surface area contributed by atoms with Crippen LogP contribution in [0, 0.1) is 0 Å². The summed E-state index contributed by atoms with van der Waals surface area (Å²) in [5.74, 6) is 1.49. The van der Waals surface area contributed by atoms with Gasteiger partial charge in [0.1, 0.15) is 0 Å². The molecule has 1 aliphatic heterocycles. The van der Waals surface area contributed by atoms with Gasteiger partial charge >= 0.3 is 0 Å². The van der Waals surface area contributed by atoms with Gasteiger partial charge in [-0.3, -0.25) is 0 Å². The molecule has 1 aromatic heterocycles. The first-order valence-electron chi connectivity index (χ1n) is 7.22. The SMILES string of the molecule is CNc1nc2n(n1)C(c1cccc3ccccc13)CCN2. The Kier molecular flexibility index (Phi) is 2.77. The van der Waals surface area contributed by atoms with Gasteiger partial charge in [0, 0.05) is 13.6 Å². The minimum absolute atomic E-state index is 0.224. The van der Waals surface area contributed by atoms with Crippen molar-refractivity contribution in [3.05, 3.63) is 48.0 Å². The lowest BCUT2D eigenvalue weighted by Crippen LogP contribution is -2.24. The largest absolute Gasteiger partial charge is 0.356 e. The van der Waals surface area contributed by atoms with Crippen molar-refractivity contribution in [3.8, 4) is 0 Å². The minimum Gasteiger partial charge on any atom is -0.356 e. The zero-order valence-corrected chi connectivity index (χ0v) is 11.9. The van der Waals surface area contributed by atoms with Crippen LogP contribution in [0.5, 0.6) is 0 Å². The second-order valence-electron chi connectivity index (χ2n) is 5.25. The molecule has 0 fully saturated rings. The van der Waals surface area contributed by atoms with E-state index in [4.69, 9.17) is 0 Å². The van der Waals surface area contributed by atoms with Gasteiger partial charge in [-0.2, -0.15) is 4.98 Å². The molecule has 21 heavy (non-hydrogen) atoms. The Morgan fingerprint density at radius 3 is 2.95 bits per heavy atom. The van der Waals surface area contributed by atoms with Gasteiger partial charge in [0.15, 0.2) is 0 Å². The van der Waals surface area contributed by atoms with Crippen LogP contribution in [0.3, 0.4) is 0 Å². The van der Waals surface area contributed by atoms with Crippen LogP contribution < -0.4 is 10.6 Å². The van der Waals surface area contributed by atoms with E-state index in [1.807, 2.05) is 11.7 Å². The maximum atomic E-state index is 4.57. The lowest BCUT2D eigenvalue weighted by molar-refractivity contribution is 0.484. The number of aromatic nitrogens is 3. The molecular weight excluding hydrogens is 262 g/mol. The van der Waals surface area contributed by atoms with Crippen molar-refractivity contribution in [2.45, 2.75) is 12.5 Å². The van der Waals surface area contributed by atoms with Gasteiger partial charge in [0.2, 0.25) is 11.9 Å². The first kappa shape index (κ1) is 12.2. The number of benzene rings is 2. The van der Waals surface area contributed by atoms with E-state index in [2.05, 4.69) is 63.2 Å². The molecule has 1 atom stereocenters. The highest BCUT2D eigenvalue weighted by Gasteiger charge is 2.25. The van der Waals surface area contributed by atoms with Crippen LogP contribution >= 0.6 is 0 Å². The molecule has 106 valence electrons. The number of anilines is 2. The van der Waals surface area contributed by atoms with Crippen LogP contribution in [-0.2, 0) is 0 Å². The van der Waals surface area contributed by atoms with Crippen LogP contribution in [0.15, 0.2) is 42.5 Å². The quantitative estimate of drug-likeness (QED) is 0.757. The Labute approximate surface area is 123 Å². The average molecular weight is 279 g/mol. The van der Waals surface area contributed by atoms with Gasteiger partial charge in [-0.05, 0) is 22.8 Å². The van der Waals surface area contributed by atoms with E-state index in [0.29, 0.717) is 5.95 Å². The fourth-order valence-corrected chi connectivity index (χ4v) is 3.04. The van der Waals surface area contributed by atoms with Gasteiger partial charge in [-0.25, -0.2) is 4.68 Å². The zero-order chi connectivity index (χ0) is 14.2.